The molecule has 8 nitrogen and oxygen atoms in total. The molecule has 0 unspecified atom stereocenters. The number of carbonyl (C=O) groups is 2. The molecule has 0 radical (unpaired) electrons. The topological polar surface area (TPSA) is 105 Å². The van der Waals surface area contributed by atoms with Crippen LogP contribution in [-0.4, -0.2) is 46.0 Å². The summed E-state index contributed by atoms with van der Waals surface area (Å²) in [5.41, 5.74) is 2.88. The summed E-state index contributed by atoms with van der Waals surface area (Å²) in [5, 5.41) is 5.59. The fraction of sp³-hybridized carbons (Fsp3) is 0.286. The van der Waals surface area contributed by atoms with Gasteiger partial charge in [0.1, 0.15) is 6.54 Å². The molecule has 3 aromatic rings. The minimum atomic E-state index is -4.04. The summed E-state index contributed by atoms with van der Waals surface area (Å²) in [6, 6.07) is 19.9. The van der Waals surface area contributed by atoms with Gasteiger partial charge in [-0.2, -0.15) is 0 Å². The third kappa shape index (κ3) is 6.36. The van der Waals surface area contributed by atoms with Crippen molar-refractivity contribution in [1.29, 1.82) is 0 Å². The zero-order valence-corrected chi connectivity index (χ0v) is 21.8. The number of para-hydroxylation sites is 1. The third-order valence-corrected chi connectivity index (χ3v) is 8.15. The Kier molecular flexibility index (Phi) is 8.25. The molecule has 2 amide bonds. The zero-order valence-electron chi connectivity index (χ0n) is 20.9. The zero-order chi connectivity index (χ0) is 26.4. The second kappa shape index (κ2) is 11.6. The molecule has 4 rings (SSSR count). The van der Waals surface area contributed by atoms with E-state index in [1.165, 1.54) is 12.1 Å². The molecular formula is C28H31N3O5S. The molecule has 0 aromatic heterocycles. The Morgan fingerprint density at radius 2 is 1.70 bits per heavy atom. The van der Waals surface area contributed by atoms with Gasteiger partial charge in [-0.3, -0.25) is 13.9 Å². The van der Waals surface area contributed by atoms with Gasteiger partial charge in [-0.05, 0) is 74.2 Å². The average Bonchev–Trinajstić information content (AvgIpc) is 3.42. The van der Waals surface area contributed by atoms with Gasteiger partial charge in [0.15, 0.2) is 0 Å². The smallest absolute Gasteiger partial charge is 0.264 e. The van der Waals surface area contributed by atoms with E-state index in [0.717, 1.165) is 28.3 Å². The van der Waals surface area contributed by atoms with Crippen molar-refractivity contribution in [3.63, 3.8) is 0 Å². The van der Waals surface area contributed by atoms with Crippen LogP contribution in [0.5, 0.6) is 0 Å². The first-order valence-corrected chi connectivity index (χ1v) is 13.6. The number of carbonyl (C=O) groups excluding carboxylic acids is 2. The van der Waals surface area contributed by atoms with Gasteiger partial charge in [0.25, 0.3) is 15.9 Å². The van der Waals surface area contributed by atoms with Crippen molar-refractivity contribution >= 4 is 33.2 Å². The Morgan fingerprint density at radius 3 is 2.41 bits per heavy atom. The highest BCUT2D eigenvalue weighted by molar-refractivity contribution is 7.92. The van der Waals surface area contributed by atoms with Crippen molar-refractivity contribution in [1.82, 2.24) is 5.32 Å². The Bertz CT molecular complexity index is 1370. The Labute approximate surface area is 217 Å². The maximum atomic E-state index is 13.6. The second-order valence-corrected chi connectivity index (χ2v) is 10.9. The van der Waals surface area contributed by atoms with Crippen LogP contribution in [0, 0.1) is 13.8 Å². The van der Waals surface area contributed by atoms with Crippen LogP contribution < -0.4 is 14.9 Å². The monoisotopic (exact) mass is 521 g/mol. The van der Waals surface area contributed by atoms with E-state index in [9.17, 15) is 18.0 Å². The Balaban J connectivity index is 1.56. The van der Waals surface area contributed by atoms with E-state index in [2.05, 4.69) is 10.6 Å². The van der Waals surface area contributed by atoms with Crippen molar-refractivity contribution in [3.05, 3.63) is 89.5 Å². The number of benzene rings is 3. The summed E-state index contributed by atoms with van der Waals surface area (Å²) in [6.07, 6.45) is 1.85. The largest absolute Gasteiger partial charge is 0.376 e. The number of rotatable bonds is 9. The molecule has 1 aliphatic heterocycles. The van der Waals surface area contributed by atoms with Crippen LogP contribution in [-0.2, 0) is 19.6 Å². The molecule has 3 aromatic carbocycles. The standard InChI is InChI=1S/C28H31N3O5S/c1-20-14-15-22(17-21(20)2)31(37(34,35)24-10-4-3-5-11-24)19-27(32)30-26-13-7-6-12-25(26)28(33)29-18-23-9-8-16-36-23/h3-7,10-15,17,23H,8-9,16,18-19H2,1-2H3,(H,29,33)(H,30,32)/t23-/m1/s1. The van der Waals surface area contributed by atoms with E-state index in [-0.39, 0.29) is 22.5 Å². The number of amides is 2. The van der Waals surface area contributed by atoms with Gasteiger partial charge >= 0.3 is 0 Å². The number of anilines is 2. The van der Waals surface area contributed by atoms with Gasteiger partial charge in [0.2, 0.25) is 5.91 Å². The molecule has 1 saturated heterocycles. The normalized spacial score (nSPS) is 15.2. The first kappa shape index (κ1) is 26.4. The van der Waals surface area contributed by atoms with E-state index >= 15 is 0 Å². The summed E-state index contributed by atoms with van der Waals surface area (Å²) in [4.78, 5) is 26.1. The first-order chi connectivity index (χ1) is 17.8. The van der Waals surface area contributed by atoms with Crippen molar-refractivity contribution in [2.24, 2.45) is 0 Å². The second-order valence-electron chi connectivity index (χ2n) is 9.03. The molecule has 2 N–H and O–H groups in total. The van der Waals surface area contributed by atoms with E-state index in [4.69, 9.17) is 4.74 Å². The SMILES string of the molecule is Cc1ccc(N(CC(=O)Nc2ccccc2C(=O)NC[C@H]2CCCO2)S(=O)(=O)c2ccccc2)cc1C. The molecule has 194 valence electrons. The van der Waals surface area contributed by atoms with Crippen LogP contribution in [0.3, 0.4) is 0 Å². The highest BCUT2D eigenvalue weighted by Gasteiger charge is 2.28. The summed E-state index contributed by atoms with van der Waals surface area (Å²) < 4.78 is 33.8. The molecule has 9 heteroatoms. The van der Waals surface area contributed by atoms with Gasteiger partial charge in [0, 0.05) is 13.2 Å². The van der Waals surface area contributed by atoms with E-state index in [1.807, 2.05) is 19.9 Å². The summed E-state index contributed by atoms with van der Waals surface area (Å²) in [7, 11) is -4.04. The van der Waals surface area contributed by atoms with E-state index in [1.54, 1.807) is 54.6 Å². The van der Waals surface area contributed by atoms with Gasteiger partial charge in [-0.1, -0.05) is 36.4 Å². The van der Waals surface area contributed by atoms with Gasteiger partial charge < -0.3 is 15.4 Å². The van der Waals surface area contributed by atoms with E-state index in [0.29, 0.717) is 24.5 Å². The summed E-state index contributed by atoms with van der Waals surface area (Å²) in [6.45, 7) is 4.43. The van der Waals surface area contributed by atoms with Gasteiger partial charge in [-0.15, -0.1) is 0 Å². The number of hydrogen-bond donors (Lipinski definition) is 2. The minimum Gasteiger partial charge on any atom is -0.376 e. The number of sulfonamides is 1. The van der Waals surface area contributed by atoms with Crippen molar-refractivity contribution < 1.29 is 22.7 Å². The summed E-state index contributed by atoms with van der Waals surface area (Å²) in [5.74, 6) is -0.911. The number of ether oxygens (including phenoxy) is 1. The van der Waals surface area contributed by atoms with Crippen molar-refractivity contribution in [3.8, 4) is 0 Å². The first-order valence-electron chi connectivity index (χ1n) is 12.2. The number of nitrogens with zero attached hydrogens (tertiary/aromatic N) is 1. The van der Waals surface area contributed by atoms with Crippen LogP contribution >= 0.6 is 0 Å². The fourth-order valence-corrected chi connectivity index (χ4v) is 5.57. The van der Waals surface area contributed by atoms with Gasteiger partial charge in [0.05, 0.1) is 27.9 Å². The fourth-order valence-electron chi connectivity index (χ4n) is 4.13. The lowest BCUT2D eigenvalue weighted by Gasteiger charge is -2.25. The predicted octanol–water partition coefficient (Wildman–Crippen LogP) is 4.05. The average molecular weight is 522 g/mol. The highest BCUT2D eigenvalue weighted by Crippen LogP contribution is 2.26. The molecule has 0 spiro atoms. The maximum absolute atomic E-state index is 13.6. The molecule has 1 atom stereocenters. The Morgan fingerprint density at radius 1 is 0.973 bits per heavy atom. The van der Waals surface area contributed by atoms with Crippen LogP contribution in [0.2, 0.25) is 0 Å². The Hall–Kier alpha value is -3.69. The lowest BCUT2D eigenvalue weighted by atomic mass is 10.1. The number of nitrogens with one attached hydrogen (secondary N) is 2. The molecule has 1 aliphatic rings. The molecule has 1 heterocycles. The minimum absolute atomic E-state index is 0.0135. The van der Waals surface area contributed by atoms with Crippen LogP contribution in [0.15, 0.2) is 77.7 Å². The molecule has 37 heavy (non-hydrogen) atoms. The predicted molar refractivity (Wildman–Crippen MR) is 143 cm³/mol. The number of hydrogen-bond acceptors (Lipinski definition) is 5. The molecule has 0 saturated carbocycles. The quantitative estimate of drug-likeness (QED) is 0.442. The molecular weight excluding hydrogens is 490 g/mol. The van der Waals surface area contributed by atoms with Crippen molar-refractivity contribution in [2.75, 3.05) is 29.3 Å². The molecule has 1 fully saturated rings. The van der Waals surface area contributed by atoms with Crippen LogP contribution in [0.1, 0.15) is 34.3 Å². The van der Waals surface area contributed by atoms with Crippen molar-refractivity contribution in [2.45, 2.75) is 37.7 Å². The molecule has 0 aliphatic carbocycles. The number of aryl methyl sites for hydroxylation is 2. The molecule has 0 bridgehead atoms. The maximum Gasteiger partial charge on any atom is 0.264 e. The van der Waals surface area contributed by atoms with Crippen LogP contribution in [0.25, 0.3) is 0 Å². The summed E-state index contributed by atoms with van der Waals surface area (Å²) >= 11 is 0. The lowest BCUT2D eigenvalue weighted by Crippen LogP contribution is -2.38. The van der Waals surface area contributed by atoms with E-state index < -0.39 is 22.5 Å². The lowest BCUT2D eigenvalue weighted by molar-refractivity contribution is -0.114. The van der Waals surface area contributed by atoms with Crippen LogP contribution in [0.4, 0.5) is 11.4 Å². The highest BCUT2D eigenvalue weighted by atomic mass is 32.2. The van der Waals surface area contributed by atoms with Gasteiger partial charge in [-0.25, -0.2) is 8.42 Å². The third-order valence-electron chi connectivity index (χ3n) is 6.36.